The van der Waals surface area contributed by atoms with Crippen molar-refractivity contribution in [1.82, 2.24) is 20.2 Å². The number of halogens is 1. The molecule has 4 N–H and O–H groups in total. The van der Waals surface area contributed by atoms with Crippen molar-refractivity contribution in [3.63, 3.8) is 0 Å². The number of aromatic amines is 2. The van der Waals surface area contributed by atoms with E-state index in [1.54, 1.807) is 13.2 Å². The Bertz CT molecular complexity index is 1550. The Morgan fingerprint density at radius 3 is 2.75 bits per heavy atom. The number of benzene rings is 2. The number of fused-ring (bicyclic) bond motifs is 2. The van der Waals surface area contributed by atoms with Gasteiger partial charge in [-0.2, -0.15) is 10.1 Å². The quantitative estimate of drug-likeness (QED) is 0.385. The van der Waals surface area contributed by atoms with Crippen LogP contribution >= 0.6 is 11.6 Å². The van der Waals surface area contributed by atoms with Gasteiger partial charge in [0, 0.05) is 30.3 Å². The van der Waals surface area contributed by atoms with Crippen LogP contribution in [0.25, 0.3) is 16.6 Å². The Kier molecular flexibility index (Phi) is 5.39. The van der Waals surface area contributed by atoms with Gasteiger partial charge in [-0.1, -0.05) is 54.6 Å². The molecule has 0 amide bonds. The SMILES string of the molecule is C=C(c1cccc(OC)c1Cl)c1n[nH]c2nc(N3CCC4(CC3)Cc3ccccc3[C@H]4N)[nH]c(=O)c12. The standard InChI is InChI=1S/C27H27ClN6O2/c1-15(17-8-5-9-19(36-2)21(17)28)22-20-24(33-32-22)30-26(31-25(20)35)34-12-10-27(11-13-34)14-16-6-3-4-7-18(16)23(27)29/h3-9,23H,1,10-14,29H2,2H3,(H2,30,31,32,33,35)/t23-/m1/s1. The molecule has 2 aromatic heterocycles. The molecular formula is C27H27ClN6O2. The van der Waals surface area contributed by atoms with Gasteiger partial charge in [0.25, 0.3) is 5.56 Å². The number of nitrogens with two attached hydrogens (primary N) is 1. The third-order valence-electron chi connectivity index (χ3n) is 7.86. The van der Waals surface area contributed by atoms with Gasteiger partial charge in [0.05, 0.1) is 12.1 Å². The van der Waals surface area contributed by atoms with Crippen LogP contribution in [-0.4, -0.2) is 40.4 Å². The van der Waals surface area contributed by atoms with E-state index < -0.39 is 0 Å². The normalized spacial score (nSPS) is 18.5. The monoisotopic (exact) mass is 502 g/mol. The molecule has 2 aromatic carbocycles. The summed E-state index contributed by atoms with van der Waals surface area (Å²) >= 11 is 6.49. The Morgan fingerprint density at radius 2 is 2.00 bits per heavy atom. The van der Waals surface area contributed by atoms with E-state index in [9.17, 15) is 4.79 Å². The first-order valence-corrected chi connectivity index (χ1v) is 12.4. The van der Waals surface area contributed by atoms with Gasteiger partial charge in [-0.05, 0) is 41.9 Å². The molecule has 36 heavy (non-hydrogen) atoms. The highest BCUT2D eigenvalue weighted by Gasteiger charge is 2.46. The van der Waals surface area contributed by atoms with Crippen molar-refractivity contribution in [1.29, 1.82) is 0 Å². The summed E-state index contributed by atoms with van der Waals surface area (Å²) in [5.41, 5.74) is 11.1. The Morgan fingerprint density at radius 1 is 1.22 bits per heavy atom. The number of hydrogen-bond donors (Lipinski definition) is 3. The lowest BCUT2D eigenvalue weighted by atomic mass is 9.73. The second-order valence-electron chi connectivity index (χ2n) is 9.69. The van der Waals surface area contributed by atoms with Gasteiger partial charge in [0.15, 0.2) is 5.65 Å². The van der Waals surface area contributed by atoms with Crippen LogP contribution in [0.15, 0.2) is 53.8 Å². The zero-order valence-corrected chi connectivity index (χ0v) is 20.7. The smallest absolute Gasteiger partial charge is 0.264 e. The first kappa shape index (κ1) is 22.8. The largest absolute Gasteiger partial charge is 0.495 e. The Balaban J connectivity index is 1.27. The van der Waals surface area contributed by atoms with E-state index in [1.807, 2.05) is 12.1 Å². The first-order chi connectivity index (χ1) is 17.4. The summed E-state index contributed by atoms with van der Waals surface area (Å²) in [5.74, 6) is 1.06. The number of piperidine rings is 1. The fraction of sp³-hybridized carbons (Fsp3) is 0.296. The fourth-order valence-electron chi connectivity index (χ4n) is 5.79. The number of ether oxygens (including phenoxy) is 1. The van der Waals surface area contributed by atoms with E-state index in [0.717, 1.165) is 32.4 Å². The van der Waals surface area contributed by atoms with Crippen LogP contribution in [0.3, 0.4) is 0 Å². The number of hydrogen-bond acceptors (Lipinski definition) is 6. The van der Waals surface area contributed by atoms with E-state index in [-0.39, 0.29) is 17.0 Å². The molecule has 0 radical (unpaired) electrons. The third-order valence-corrected chi connectivity index (χ3v) is 8.25. The summed E-state index contributed by atoms with van der Waals surface area (Å²) in [4.78, 5) is 23.0. The molecule has 6 rings (SSSR count). The van der Waals surface area contributed by atoms with Crippen molar-refractivity contribution < 1.29 is 4.74 Å². The van der Waals surface area contributed by atoms with Gasteiger partial charge in [-0.15, -0.1) is 0 Å². The number of nitrogens with one attached hydrogen (secondary N) is 2. The van der Waals surface area contributed by atoms with Crippen molar-refractivity contribution in [2.45, 2.75) is 25.3 Å². The Hall–Kier alpha value is -3.62. The van der Waals surface area contributed by atoms with E-state index in [1.165, 1.54) is 11.1 Å². The number of H-pyrrole nitrogens is 2. The average molecular weight is 503 g/mol. The summed E-state index contributed by atoms with van der Waals surface area (Å²) in [5, 5.41) is 8.04. The maximum absolute atomic E-state index is 13.2. The van der Waals surface area contributed by atoms with Crippen LogP contribution in [0.1, 0.15) is 41.3 Å². The molecule has 0 bridgehead atoms. The lowest BCUT2D eigenvalue weighted by Crippen LogP contribution is -2.45. The van der Waals surface area contributed by atoms with Gasteiger partial charge in [0.1, 0.15) is 16.8 Å². The average Bonchev–Trinajstić information content (AvgIpc) is 3.44. The van der Waals surface area contributed by atoms with Crippen LogP contribution in [0.4, 0.5) is 5.95 Å². The number of rotatable bonds is 4. The van der Waals surface area contributed by atoms with Crippen molar-refractivity contribution in [3.05, 3.63) is 86.8 Å². The highest BCUT2D eigenvalue weighted by molar-refractivity contribution is 6.34. The first-order valence-electron chi connectivity index (χ1n) is 12.0. The predicted octanol–water partition coefficient (Wildman–Crippen LogP) is 4.21. The summed E-state index contributed by atoms with van der Waals surface area (Å²) in [6.45, 7) is 5.68. The molecule has 3 heterocycles. The minimum Gasteiger partial charge on any atom is -0.495 e. The van der Waals surface area contributed by atoms with Gasteiger partial charge in [0.2, 0.25) is 5.95 Å². The number of nitrogens with zero attached hydrogens (tertiary/aromatic N) is 3. The van der Waals surface area contributed by atoms with E-state index in [0.29, 0.717) is 44.6 Å². The molecule has 0 saturated carbocycles. The molecule has 8 nitrogen and oxygen atoms in total. The van der Waals surface area contributed by atoms with Crippen molar-refractivity contribution in [3.8, 4) is 5.75 Å². The topological polar surface area (TPSA) is 113 Å². The highest BCUT2D eigenvalue weighted by Crippen LogP contribution is 2.50. The molecule has 4 aromatic rings. The van der Waals surface area contributed by atoms with Crippen LogP contribution in [0.2, 0.25) is 5.02 Å². The van der Waals surface area contributed by atoms with Crippen molar-refractivity contribution in [2.24, 2.45) is 11.1 Å². The van der Waals surface area contributed by atoms with Crippen LogP contribution < -0.4 is 20.9 Å². The molecule has 1 spiro atoms. The van der Waals surface area contributed by atoms with Crippen molar-refractivity contribution in [2.75, 3.05) is 25.1 Å². The third kappa shape index (κ3) is 3.43. The lowest BCUT2D eigenvalue weighted by molar-refractivity contribution is 0.187. The zero-order valence-electron chi connectivity index (χ0n) is 20.0. The number of aromatic nitrogens is 4. The minimum absolute atomic E-state index is 0.0370. The van der Waals surface area contributed by atoms with Crippen LogP contribution in [0, 0.1) is 5.41 Å². The second-order valence-corrected chi connectivity index (χ2v) is 10.1. The summed E-state index contributed by atoms with van der Waals surface area (Å²) in [7, 11) is 1.55. The minimum atomic E-state index is -0.274. The van der Waals surface area contributed by atoms with Crippen molar-refractivity contribution >= 4 is 34.2 Å². The molecule has 1 saturated heterocycles. The zero-order chi connectivity index (χ0) is 25.0. The van der Waals surface area contributed by atoms with Gasteiger partial charge >= 0.3 is 0 Å². The molecule has 9 heteroatoms. The molecule has 1 aliphatic heterocycles. The van der Waals surface area contributed by atoms with Gasteiger partial charge in [-0.3, -0.25) is 14.9 Å². The number of methoxy groups -OCH3 is 1. The maximum Gasteiger partial charge on any atom is 0.264 e. The molecule has 1 aliphatic carbocycles. The molecule has 1 fully saturated rings. The van der Waals surface area contributed by atoms with Crippen LogP contribution in [0.5, 0.6) is 5.75 Å². The number of anilines is 1. The molecule has 2 aliphatic rings. The predicted molar refractivity (Wildman–Crippen MR) is 142 cm³/mol. The summed E-state index contributed by atoms with van der Waals surface area (Å²) < 4.78 is 5.31. The molecular weight excluding hydrogens is 476 g/mol. The lowest BCUT2D eigenvalue weighted by Gasteiger charge is -2.42. The molecule has 1 atom stereocenters. The van der Waals surface area contributed by atoms with Gasteiger partial charge in [-0.25, -0.2) is 0 Å². The van der Waals surface area contributed by atoms with E-state index in [4.69, 9.17) is 27.1 Å². The Labute approximate surface area is 213 Å². The van der Waals surface area contributed by atoms with Crippen LogP contribution in [-0.2, 0) is 6.42 Å². The van der Waals surface area contributed by atoms with Gasteiger partial charge < -0.3 is 15.4 Å². The van der Waals surface area contributed by atoms with E-state index in [2.05, 4.69) is 50.9 Å². The molecule has 0 unspecified atom stereocenters. The van der Waals surface area contributed by atoms with E-state index >= 15 is 0 Å². The second kappa shape index (κ2) is 8.50. The highest BCUT2D eigenvalue weighted by atomic mass is 35.5. The maximum atomic E-state index is 13.2. The molecule has 184 valence electrons. The summed E-state index contributed by atoms with van der Waals surface area (Å²) in [6.07, 6.45) is 2.87. The fourth-order valence-corrected chi connectivity index (χ4v) is 6.11. The summed E-state index contributed by atoms with van der Waals surface area (Å²) in [6, 6.07) is 13.9.